The molecule has 1 aromatic rings. The lowest BCUT2D eigenvalue weighted by Crippen LogP contribution is -2.26. The smallest absolute Gasteiger partial charge is 0.186 e. The molecule has 0 radical (unpaired) electrons. The molecular formula is C16H29N3S. The van der Waals surface area contributed by atoms with Gasteiger partial charge in [-0.3, -0.25) is 0 Å². The van der Waals surface area contributed by atoms with E-state index in [4.69, 9.17) is 4.98 Å². The first-order valence-corrected chi connectivity index (χ1v) is 8.95. The third-order valence-corrected chi connectivity index (χ3v) is 4.89. The van der Waals surface area contributed by atoms with Gasteiger partial charge in [0, 0.05) is 30.1 Å². The van der Waals surface area contributed by atoms with Crippen molar-refractivity contribution in [1.82, 2.24) is 10.3 Å². The molecule has 1 aliphatic carbocycles. The third-order valence-electron chi connectivity index (χ3n) is 3.76. The largest absolute Gasteiger partial charge is 0.345 e. The van der Waals surface area contributed by atoms with Crippen molar-refractivity contribution in [3.63, 3.8) is 0 Å². The second kappa shape index (κ2) is 7.41. The number of hydrogen-bond acceptors (Lipinski definition) is 4. The monoisotopic (exact) mass is 295 g/mol. The van der Waals surface area contributed by atoms with Gasteiger partial charge in [0.2, 0.25) is 0 Å². The van der Waals surface area contributed by atoms with Crippen molar-refractivity contribution in [2.45, 2.75) is 78.4 Å². The van der Waals surface area contributed by atoms with E-state index < -0.39 is 0 Å². The van der Waals surface area contributed by atoms with Crippen LogP contribution in [0.25, 0.3) is 0 Å². The van der Waals surface area contributed by atoms with Crippen LogP contribution in [0, 0.1) is 0 Å². The van der Waals surface area contributed by atoms with E-state index in [1.54, 1.807) is 0 Å². The van der Waals surface area contributed by atoms with E-state index >= 15 is 0 Å². The van der Waals surface area contributed by atoms with Crippen molar-refractivity contribution in [2.75, 3.05) is 11.4 Å². The fourth-order valence-electron chi connectivity index (χ4n) is 2.35. The molecule has 1 aromatic heterocycles. The summed E-state index contributed by atoms with van der Waals surface area (Å²) in [5, 5.41) is 4.79. The lowest BCUT2D eigenvalue weighted by atomic mass is 10.3. The molecule has 0 atom stereocenters. The molecule has 0 unspecified atom stereocenters. The average Bonchev–Trinajstić information content (AvgIpc) is 3.17. The zero-order valence-electron chi connectivity index (χ0n) is 13.4. The van der Waals surface area contributed by atoms with Crippen molar-refractivity contribution in [3.8, 4) is 0 Å². The maximum absolute atomic E-state index is 4.93. The normalized spacial score (nSPS) is 15.1. The molecule has 1 N–H and O–H groups in total. The van der Waals surface area contributed by atoms with Crippen LogP contribution in [0.2, 0.25) is 0 Å². The van der Waals surface area contributed by atoms with Gasteiger partial charge in [-0.05, 0) is 25.7 Å². The van der Waals surface area contributed by atoms with Crippen LogP contribution in [-0.2, 0) is 13.0 Å². The number of rotatable bonds is 9. The highest BCUT2D eigenvalue weighted by molar-refractivity contribution is 7.15. The molecule has 1 saturated carbocycles. The first kappa shape index (κ1) is 15.8. The molecule has 0 saturated heterocycles. The number of hydrogen-bond donors (Lipinski definition) is 1. The minimum absolute atomic E-state index is 0.532. The zero-order valence-corrected chi connectivity index (χ0v) is 14.2. The minimum atomic E-state index is 0.532. The standard InChI is InChI=1S/C16H29N3S/c1-5-7-10-19(13-8-9-13)16-18-14(6-2)15(20-16)11-17-12(3)4/h12-13,17H,5-11H2,1-4H3. The molecule has 1 heterocycles. The summed E-state index contributed by atoms with van der Waals surface area (Å²) in [7, 11) is 0. The molecule has 1 fully saturated rings. The van der Waals surface area contributed by atoms with Crippen molar-refractivity contribution >= 4 is 16.5 Å². The Kier molecular flexibility index (Phi) is 5.85. The van der Waals surface area contributed by atoms with Gasteiger partial charge >= 0.3 is 0 Å². The van der Waals surface area contributed by atoms with Crippen molar-refractivity contribution < 1.29 is 0 Å². The molecule has 0 bridgehead atoms. The Balaban J connectivity index is 2.09. The maximum atomic E-state index is 4.93. The fourth-order valence-corrected chi connectivity index (χ4v) is 3.55. The Morgan fingerprint density at radius 2 is 2.10 bits per heavy atom. The van der Waals surface area contributed by atoms with Crippen LogP contribution in [0.15, 0.2) is 0 Å². The summed E-state index contributed by atoms with van der Waals surface area (Å²) in [6, 6.07) is 1.30. The number of nitrogens with one attached hydrogen (secondary N) is 1. The lowest BCUT2D eigenvalue weighted by molar-refractivity contribution is 0.590. The summed E-state index contributed by atoms with van der Waals surface area (Å²) in [6.07, 6.45) is 6.28. The Hall–Kier alpha value is -0.610. The van der Waals surface area contributed by atoms with Gasteiger partial charge < -0.3 is 10.2 Å². The number of aromatic nitrogens is 1. The minimum Gasteiger partial charge on any atom is -0.345 e. The molecular weight excluding hydrogens is 266 g/mol. The topological polar surface area (TPSA) is 28.2 Å². The second-order valence-electron chi connectivity index (χ2n) is 6.03. The first-order chi connectivity index (χ1) is 9.65. The van der Waals surface area contributed by atoms with Crippen LogP contribution >= 0.6 is 11.3 Å². The van der Waals surface area contributed by atoms with Gasteiger partial charge in [-0.25, -0.2) is 4.98 Å². The predicted octanol–water partition coefficient (Wildman–Crippen LogP) is 3.97. The summed E-state index contributed by atoms with van der Waals surface area (Å²) >= 11 is 1.91. The van der Waals surface area contributed by atoms with E-state index in [9.17, 15) is 0 Å². The summed E-state index contributed by atoms with van der Waals surface area (Å²) in [5.74, 6) is 0. The number of anilines is 1. The van der Waals surface area contributed by atoms with Crippen LogP contribution in [0.3, 0.4) is 0 Å². The first-order valence-electron chi connectivity index (χ1n) is 8.14. The number of aryl methyl sites for hydroxylation is 1. The van der Waals surface area contributed by atoms with Crippen LogP contribution in [0.4, 0.5) is 5.13 Å². The second-order valence-corrected chi connectivity index (χ2v) is 7.10. The lowest BCUT2D eigenvalue weighted by Gasteiger charge is -2.21. The summed E-state index contributed by atoms with van der Waals surface area (Å²) < 4.78 is 0. The summed E-state index contributed by atoms with van der Waals surface area (Å²) in [5.41, 5.74) is 1.29. The summed E-state index contributed by atoms with van der Waals surface area (Å²) in [6.45, 7) is 11.0. The van der Waals surface area contributed by atoms with Crippen LogP contribution in [-0.4, -0.2) is 23.6 Å². The maximum Gasteiger partial charge on any atom is 0.186 e. The van der Waals surface area contributed by atoms with E-state index in [2.05, 4.69) is 37.9 Å². The Morgan fingerprint density at radius 3 is 2.65 bits per heavy atom. The third kappa shape index (κ3) is 4.19. The zero-order chi connectivity index (χ0) is 14.5. The molecule has 4 heteroatoms. The van der Waals surface area contributed by atoms with Crippen molar-refractivity contribution in [3.05, 3.63) is 10.6 Å². The molecule has 20 heavy (non-hydrogen) atoms. The number of nitrogens with zero attached hydrogens (tertiary/aromatic N) is 2. The SMILES string of the molecule is CCCCN(c1nc(CC)c(CNC(C)C)s1)C1CC1. The molecule has 0 aliphatic heterocycles. The van der Waals surface area contributed by atoms with Crippen LogP contribution < -0.4 is 10.2 Å². The Bertz CT molecular complexity index is 410. The van der Waals surface area contributed by atoms with E-state index in [0.29, 0.717) is 6.04 Å². The highest BCUT2D eigenvalue weighted by Crippen LogP contribution is 2.35. The van der Waals surface area contributed by atoms with Gasteiger partial charge in [-0.1, -0.05) is 34.1 Å². The van der Waals surface area contributed by atoms with Crippen molar-refractivity contribution in [2.24, 2.45) is 0 Å². The molecule has 1 aliphatic rings. The van der Waals surface area contributed by atoms with E-state index in [1.165, 1.54) is 47.9 Å². The Labute approximate surface area is 127 Å². The quantitative estimate of drug-likeness (QED) is 0.747. The van der Waals surface area contributed by atoms with Crippen LogP contribution in [0.1, 0.15) is 63.9 Å². The van der Waals surface area contributed by atoms with Gasteiger partial charge in [-0.15, -0.1) is 11.3 Å². The van der Waals surface area contributed by atoms with Gasteiger partial charge in [-0.2, -0.15) is 0 Å². The van der Waals surface area contributed by atoms with E-state index in [0.717, 1.165) is 19.0 Å². The molecule has 114 valence electrons. The van der Waals surface area contributed by atoms with E-state index in [1.807, 2.05) is 11.3 Å². The summed E-state index contributed by atoms with van der Waals surface area (Å²) in [4.78, 5) is 8.92. The highest BCUT2D eigenvalue weighted by Gasteiger charge is 2.31. The molecule has 0 spiro atoms. The van der Waals surface area contributed by atoms with Gasteiger partial charge in [0.1, 0.15) is 0 Å². The molecule has 3 nitrogen and oxygen atoms in total. The molecule has 0 aromatic carbocycles. The van der Waals surface area contributed by atoms with Gasteiger partial charge in [0.25, 0.3) is 0 Å². The van der Waals surface area contributed by atoms with Gasteiger partial charge in [0.15, 0.2) is 5.13 Å². The fraction of sp³-hybridized carbons (Fsp3) is 0.812. The Morgan fingerprint density at radius 1 is 1.35 bits per heavy atom. The average molecular weight is 295 g/mol. The highest BCUT2D eigenvalue weighted by atomic mass is 32.1. The molecule has 2 rings (SSSR count). The molecule has 0 amide bonds. The van der Waals surface area contributed by atoms with Crippen LogP contribution in [0.5, 0.6) is 0 Å². The van der Waals surface area contributed by atoms with Crippen molar-refractivity contribution in [1.29, 1.82) is 0 Å². The number of unbranched alkanes of at least 4 members (excludes halogenated alkanes) is 1. The van der Waals surface area contributed by atoms with E-state index in [-0.39, 0.29) is 0 Å². The van der Waals surface area contributed by atoms with Gasteiger partial charge in [0.05, 0.1) is 5.69 Å². The number of thiazole rings is 1. The predicted molar refractivity (Wildman–Crippen MR) is 88.7 cm³/mol.